The Hall–Kier alpha value is -5.38. The van der Waals surface area contributed by atoms with Crippen LogP contribution in [0.2, 0.25) is 0 Å². The Balaban J connectivity index is 1.33. The minimum absolute atomic E-state index is 0.0329. The van der Waals surface area contributed by atoms with Crippen LogP contribution in [0.1, 0.15) is 47.7 Å². The first-order valence-electron chi connectivity index (χ1n) is 15.4. The highest BCUT2D eigenvalue weighted by Gasteiger charge is 2.44. The van der Waals surface area contributed by atoms with Gasteiger partial charge in [0.25, 0.3) is 0 Å². The summed E-state index contributed by atoms with van der Waals surface area (Å²) >= 11 is 0. The number of allylic oxidation sites excluding steroid dienone is 2. The zero-order valence-electron chi connectivity index (χ0n) is 26.9. The monoisotopic (exact) mass is 655 g/mol. The van der Waals surface area contributed by atoms with E-state index in [1.54, 1.807) is 13.8 Å². The average Bonchev–Trinajstić information content (AvgIpc) is 3.08. The largest absolute Gasteiger partial charge is 0.466 e. The molecule has 5 rings (SSSR count). The molecule has 4 aromatic rings. The number of nitrogens with one attached hydrogen (secondary N) is 1. The maximum atomic E-state index is 14.1. The third kappa shape index (κ3) is 7.94. The molecule has 1 aliphatic rings. The highest BCUT2D eigenvalue weighted by atomic mass is 19.4. The van der Waals surface area contributed by atoms with E-state index in [2.05, 4.69) is 39.5 Å². The molecule has 1 aromatic heterocycles. The van der Waals surface area contributed by atoms with Gasteiger partial charge in [-0.05, 0) is 54.3 Å². The number of ether oxygens (including phenoxy) is 2. The molecule has 3 aromatic carbocycles. The highest BCUT2D eigenvalue weighted by molar-refractivity contribution is 6.00. The van der Waals surface area contributed by atoms with Crippen LogP contribution in [0.15, 0.2) is 126 Å². The normalized spacial score (nSPS) is 14.8. The number of hydrogen-bond donors (Lipinski definition) is 1. The van der Waals surface area contributed by atoms with Crippen molar-refractivity contribution in [3.05, 3.63) is 154 Å². The highest BCUT2D eigenvalue weighted by Crippen LogP contribution is 2.43. The summed E-state index contributed by atoms with van der Waals surface area (Å²) < 4.78 is 52.8. The Bertz CT molecular complexity index is 1760. The second kappa shape index (κ2) is 15.0. The van der Waals surface area contributed by atoms with Crippen molar-refractivity contribution < 1.29 is 32.2 Å². The van der Waals surface area contributed by atoms with Gasteiger partial charge in [0.05, 0.1) is 30.8 Å². The molecule has 0 fully saturated rings. The Morgan fingerprint density at radius 2 is 1.33 bits per heavy atom. The van der Waals surface area contributed by atoms with Crippen molar-refractivity contribution in [3.8, 4) is 0 Å². The smallest absolute Gasteiger partial charge is 0.433 e. The van der Waals surface area contributed by atoms with Crippen LogP contribution < -0.4 is 10.2 Å². The Morgan fingerprint density at radius 1 is 0.771 bits per heavy atom. The van der Waals surface area contributed by atoms with Gasteiger partial charge >= 0.3 is 18.1 Å². The van der Waals surface area contributed by atoms with E-state index in [4.69, 9.17) is 9.47 Å². The quantitative estimate of drug-likeness (QED) is 0.168. The SMILES string of the molecule is COC(=O)C1=C(C)NC(C)=C(C(=O)OCCc2ccc(N(Cc3ccccc3)Cc3ccccc3)cc2)C1c1cccnc1C(F)(F)F. The van der Waals surface area contributed by atoms with Crippen molar-refractivity contribution in [2.45, 2.75) is 45.5 Å². The number of dihydropyridines is 1. The minimum atomic E-state index is -4.83. The van der Waals surface area contributed by atoms with E-state index in [9.17, 15) is 22.8 Å². The molecule has 0 spiro atoms. The van der Waals surface area contributed by atoms with Crippen LogP contribution in [0.5, 0.6) is 0 Å². The number of halogens is 3. The minimum Gasteiger partial charge on any atom is -0.466 e. The van der Waals surface area contributed by atoms with Gasteiger partial charge in [0, 0.05) is 42.8 Å². The molecule has 0 aliphatic carbocycles. The number of carbonyl (C=O) groups is 2. The lowest BCUT2D eigenvalue weighted by atomic mass is 9.79. The van der Waals surface area contributed by atoms with Crippen LogP contribution >= 0.6 is 0 Å². The van der Waals surface area contributed by atoms with Crippen molar-refractivity contribution in [1.29, 1.82) is 0 Å². The predicted molar refractivity (Wildman–Crippen MR) is 176 cm³/mol. The molecule has 1 atom stereocenters. The predicted octanol–water partition coefficient (Wildman–Crippen LogP) is 7.50. The number of anilines is 1. The summed E-state index contributed by atoms with van der Waals surface area (Å²) in [5.74, 6) is -3.12. The molecule has 0 saturated carbocycles. The van der Waals surface area contributed by atoms with Crippen molar-refractivity contribution in [3.63, 3.8) is 0 Å². The number of rotatable bonds is 11. The fraction of sp³-hybridized carbons (Fsp3) is 0.237. The molecule has 248 valence electrons. The molecule has 1 unspecified atom stereocenters. The number of hydrogen-bond acceptors (Lipinski definition) is 7. The second-order valence-electron chi connectivity index (χ2n) is 11.4. The molecule has 0 radical (unpaired) electrons. The maximum Gasteiger partial charge on any atom is 0.433 e. The second-order valence-corrected chi connectivity index (χ2v) is 11.4. The molecule has 0 bridgehead atoms. The number of pyridine rings is 1. The van der Waals surface area contributed by atoms with E-state index in [0.29, 0.717) is 19.5 Å². The van der Waals surface area contributed by atoms with Crippen molar-refractivity contribution in [2.75, 3.05) is 18.6 Å². The molecule has 1 N–H and O–H groups in total. The fourth-order valence-corrected chi connectivity index (χ4v) is 5.90. The molecule has 0 saturated heterocycles. The van der Waals surface area contributed by atoms with E-state index in [0.717, 1.165) is 24.6 Å². The van der Waals surface area contributed by atoms with Crippen LogP contribution in [0.25, 0.3) is 0 Å². The Labute approximate surface area is 277 Å². The number of alkyl halides is 3. The summed E-state index contributed by atoms with van der Waals surface area (Å²) in [6.45, 7) is 4.49. The van der Waals surface area contributed by atoms with Crippen LogP contribution in [0.4, 0.5) is 18.9 Å². The zero-order chi connectivity index (χ0) is 34.3. The molecule has 0 amide bonds. The zero-order valence-corrected chi connectivity index (χ0v) is 26.9. The van der Waals surface area contributed by atoms with Gasteiger partial charge in [0.15, 0.2) is 0 Å². The van der Waals surface area contributed by atoms with Crippen molar-refractivity contribution >= 4 is 17.6 Å². The summed E-state index contributed by atoms with van der Waals surface area (Å²) in [6.07, 6.45) is -3.44. The Kier molecular flexibility index (Phi) is 10.6. The summed E-state index contributed by atoms with van der Waals surface area (Å²) in [6, 6.07) is 30.9. The first kappa shape index (κ1) is 34.0. The van der Waals surface area contributed by atoms with Crippen LogP contribution in [-0.4, -0.2) is 30.6 Å². The third-order valence-corrected chi connectivity index (χ3v) is 8.16. The standard InChI is InChI=1S/C38H36F3N3O4/c1-25-32(36(45)47-3)34(31-15-10-21-42-35(31)38(39,40)41)33(26(2)43-25)37(46)48-22-20-27-16-18-30(19-17-27)44(23-28-11-6-4-7-12-28)24-29-13-8-5-9-14-29/h4-19,21,34,43H,20,22-24H2,1-3H3. The summed E-state index contributed by atoms with van der Waals surface area (Å²) in [4.78, 5) is 32.3. The number of nitrogens with zero attached hydrogens (tertiary/aromatic N) is 2. The van der Waals surface area contributed by atoms with Gasteiger partial charge in [-0.2, -0.15) is 13.2 Å². The van der Waals surface area contributed by atoms with Gasteiger partial charge in [-0.1, -0.05) is 78.9 Å². The first-order valence-corrected chi connectivity index (χ1v) is 15.4. The molecular weight excluding hydrogens is 619 g/mol. The molecule has 10 heteroatoms. The van der Waals surface area contributed by atoms with Gasteiger partial charge in [0.2, 0.25) is 0 Å². The Morgan fingerprint density at radius 3 is 1.88 bits per heavy atom. The fourth-order valence-electron chi connectivity index (χ4n) is 5.90. The first-order chi connectivity index (χ1) is 23.1. The number of benzene rings is 3. The van der Waals surface area contributed by atoms with E-state index in [-0.39, 0.29) is 34.7 Å². The number of esters is 2. The van der Waals surface area contributed by atoms with E-state index < -0.39 is 29.7 Å². The summed E-state index contributed by atoms with van der Waals surface area (Å²) in [7, 11) is 1.13. The topological polar surface area (TPSA) is 80.8 Å². The van der Waals surface area contributed by atoms with Gasteiger partial charge in [-0.25, -0.2) is 9.59 Å². The molecule has 48 heavy (non-hydrogen) atoms. The van der Waals surface area contributed by atoms with E-state index >= 15 is 0 Å². The molecular formula is C38H36F3N3O4. The van der Waals surface area contributed by atoms with Gasteiger partial charge in [0.1, 0.15) is 5.69 Å². The number of methoxy groups -OCH3 is 1. The third-order valence-electron chi connectivity index (χ3n) is 8.16. The van der Waals surface area contributed by atoms with Crippen molar-refractivity contribution in [1.82, 2.24) is 10.3 Å². The summed E-state index contributed by atoms with van der Waals surface area (Å²) in [5.41, 5.74) is 3.05. The lowest BCUT2D eigenvalue weighted by Gasteiger charge is -2.31. The van der Waals surface area contributed by atoms with Crippen molar-refractivity contribution in [2.24, 2.45) is 0 Å². The number of carbonyl (C=O) groups excluding carboxylic acids is 2. The lowest BCUT2D eigenvalue weighted by Crippen LogP contribution is -2.33. The molecule has 7 nitrogen and oxygen atoms in total. The maximum absolute atomic E-state index is 14.1. The molecule has 2 heterocycles. The lowest BCUT2D eigenvalue weighted by molar-refractivity contribution is -0.143. The summed E-state index contributed by atoms with van der Waals surface area (Å²) in [5, 5.41) is 2.94. The van der Waals surface area contributed by atoms with E-state index in [1.165, 1.54) is 23.3 Å². The molecule has 1 aliphatic heterocycles. The van der Waals surface area contributed by atoms with Crippen LogP contribution in [0.3, 0.4) is 0 Å². The van der Waals surface area contributed by atoms with Gasteiger partial charge in [-0.15, -0.1) is 0 Å². The van der Waals surface area contributed by atoms with E-state index in [1.807, 2.05) is 60.7 Å². The average molecular weight is 656 g/mol. The van der Waals surface area contributed by atoms with Crippen LogP contribution in [0, 0.1) is 0 Å². The van der Waals surface area contributed by atoms with Gasteiger partial charge < -0.3 is 19.7 Å². The van der Waals surface area contributed by atoms with Crippen LogP contribution in [-0.2, 0) is 44.7 Å². The van der Waals surface area contributed by atoms with Gasteiger partial charge in [-0.3, -0.25) is 4.98 Å². The number of aromatic nitrogens is 1.